The van der Waals surface area contributed by atoms with Gasteiger partial charge in [0.2, 0.25) is 5.91 Å². The van der Waals surface area contributed by atoms with Gasteiger partial charge < -0.3 is 10.2 Å². The second-order valence-electron chi connectivity index (χ2n) is 8.07. The molecule has 2 aromatic rings. The summed E-state index contributed by atoms with van der Waals surface area (Å²) in [5, 5.41) is 7.86. The summed E-state index contributed by atoms with van der Waals surface area (Å²) in [5.74, 6) is 0.655. The fraction of sp³-hybridized carbons (Fsp3) is 0.545. The van der Waals surface area contributed by atoms with Crippen LogP contribution in [0.5, 0.6) is 0 Å². The van der Waals surface area contributed by atoms with Crippen molar-refractivity contribution in [3.63, 3.8) is 0 Å². The van der Waals surface area contributed by atoms with Gasteiger partial charge in [-0.3, -0.25) is 9.48 Å². The van der Waals surface area contributed by atoms with Crippen LogP contribution in [0, 0.1) is 19.8 Å². The first kappa shape index (κ1) is 19.5. The molecule has 27 heavy (non-hydrogen) atoms. The lowest BCUT2D eigenvalue weighted by Gasteiger charge is -2.34. The number of rotatable bonds is 6. The van der Waals surface area contributed by atoms with E-state index >= 15 is 0 Å². The van der Waals surface area contributed by atoms with Gasteiger partial charge in [-0.2, -0.15) is 5.10 Å². The van der Waals surface area contributed by atoms with Gasteiger partial charge in [0.15, 0.2) is 0 Å². The van der Waals surface area contributed by atoms with Gasteiger partial charge in [0.25, 0.3) is 0 Å². The molecular weight excluding hydrogens is 336 g/mol. The third kappa shape index (κ3) is 4.90. The number of nitrogens with one attached hydrogen (secondary N) is 1. The molecule has 1 N–H and O–H groups in total. The number of carbonyl (C=O) groups is 1. The molecule has 1 aliphatic heterocycles. The van der Waals surface area contributed by atoms with Gasteiger partial charge in [-0.25, -0.2) is 0 Å². The molecule has 5 heteroatoms. The van der Waals surface area contributed by atoms with Crippen LogP contribution in [0.3, 0.4) is 0 Å². The summed E-state index contributed by atoms with van der Waals surface area (Å²) in [5.41, 5.74) is 4.44. The van der Waals surface area contributed by atoms with Crippen LogP contribution < -0.4 is 10.2 Å². The fourth-order valence-electron chi connectivity index (χ4n) is 3.87. The minimum atomic E-state index is 0.114. The molecule has 3 rings (SSSR count). The van der Waals surface area contributed by atoms with Crippen LogP contribution in [0.25, 0.3) is 0 Å². The van der Waals surface area contributed by atoms with Crippen LogP contribution in [0.15, 0.2) is 30.3 Å². The summed E-state index contributed by atoms with van der Waals surface area (Å²) in [7, 11) is 0. The second kappa shape index (κ2) is 8.59. The van der Waals surface area contributed by atoms with E-state index in [1.807, 2.05) is 17.7 Å². The average molecular weight is 369 g/mol. The zero-order chi connectivity index (χ0) is 19.4. The van der Waals surface area contributed by atoms with Crippen molar-refractivity contribution in [2.75, 3.05) is 18.0 Å². The van der Waals surface area contributed by atoms with Gasteiger partial charge in [-0.05, 0) is 44.7 Å². The minimum absolute atomic E-state index is 0.114. The van der Waals surface area contributed by atoms with E-state index < -0.39 is 0 Å². The summed E-state index contributed by atoms with van der Waals surface area (Å²) in [4.78, 5) is 15.0. The lowest BCUT2D eigenvalue weighted by atomic mass is 10.0. The third-order valence-corrected chi connectivity index (χ3v) is 5.39. The number of carbonyl (C=O) groups excluding carboxylic acids is 1. The Kier molecular flexibility index (Phi) is 6.19. The van der Waals surface area contributed by atoms with Crippen LogP contribution in [0.4, 0.5) is 5.69 Å². The van der Waals surface area contributed by atoms with E-state index in [1.54, 1.807) is 0 Å². The Morgan fingerprint density at radius 3 is 2.48 bits per heavy atom. The molecular formula is C22H32N4O. The Balaban J connectivity index is 1.53. The van der Waals surface area contributed by atoms with E-state index in [-0.39, 0.29) is 11.9 Å². The highest BCUT2D eigenvalue weighted by Crippen LogP contribution is 2.20. The largest absolute Gasteiger partial charge is 0.371 e. The summed E-state index contributed by atoms with van der Waals surface area (Å²) < 4.78 is 2.04. The quantitative estimate of drug-likeness (QED) is 0.849. The van der Waals surface area contributed by atoms with Crippen molar-refractivity contribution < 1.29 is 4.79 Å². The number of anilines is 1. The van der Waals surface area contributed by atoms with Gasteiger partial charge in [0, 0.05) is 42.6 Å². The molecule has 0 radical (unpaired) electrons. The van der Waals surface area contributed by atoms with Crippen LogP contribution in [-0.4, -0.2) is 34.8 Å². The first-order valence-electron chi connectivity index (χ1n) is 10.1. The number of para-hydroxylation sites is 1. The molecule has 1 aliphatic rings. The lowest BCUT2D eigenvalue weighted by Crippen LogP contribution is -2.45. The fourth-order valence-corrected chi connectivity index (χ4v) is 3.87. The Hall–Kier alpha value is -2.30. The summed E-state index contributed by atoms with van der Waals surface area (Å²) in [6.07, 6.45) is 2.41. The smallest absolute Gasteiger partial charge is 0.224 e. The third-order valence-electron chi connectivity index (χ3n) is 5.39. The summed E-state index contributed by atoms with van der Waals surface area (Å²) >= 11 is 0. The Morgan fingerprint density at radius 2 is 1.85 bits per heavy atom. The standard InChI is InChI=1S/C22H32N4O/c1-16(2)15-26-18(4)21(17(3)24-26)14-22(27)23-19-10-12-25(13-11-19)20-8-6-5-7-9-20/h5-9,16,19H,10-15H2,1-4H3,(H,23,27). The molecule has 2 heterocycles. The Morgan fingerprint density at radius 1 is 1.19 bits per heavy atom. The van der Waals surface area contributed by atoms with Gasteiger partial charge in [-0.1, -0.05) is 32.0 Å². The van der Waals surface area contributed by atoms with E-state index in [2.05, 4.69) is 60.4 Å². The molecule has 1 saturated heterocycles. The van der Waals surface area contributed by atoms with E-state index in [0.29, 0.717) is 12.3 Å². The maximum absolute atomic E-state index is 12.6. The lowest BCUT2D eigenvalue weighted by molar-refractivity contribution is -0.121. The highest BCUT2D eigenvalue weighted by Gasteiger charge is 2.22. The van der Waals surface area contributed by atoms with Crippen LogP contribution >= 0.6 is 0 Å². The van der Waals surface area contributed by atoms with E-state index in [4.69, 9.17) is 0 Å². The zero-order valence-corrected chi connectivity index (χ0v) is 17.0. The van der Waals surface area contributed by atoms with Gasteiger partial charge in [0.1, 0.15) is 0 Å². The number of piperidine rings is 1. The maximum Gasteiger partial charge on any atom is 0.224 e. The highest BCUT2D eigenvalue weighted by atomic mass is 16.1. The molecule has 0 bridgehead atoms. The van der Waals surface area contributed by atoms with E-state index in [1.165, 1.54) is 5.69 Å². The molecule has 1 aromatic heterocycles. The predicted molar refractivity (Wildman–Crippen MR) is 110 cm³/mol. The van der Waals surface area contributed by atoms with Crippen LogP contribution in [0.2, 0.25) is 0 Å². The van der Waals surface area contributed by atoms with Crippen molar-refractivity contribution in [1.82, 2.24) is 15.1 Å². The Bertz CT molecular complexity index is 758. The number of nitrogens with zero attached hydrogens (tertiary/aromatic N) is 3. The molecule has 1 amide bonds. The first-order valence-corrected chi connectivity index (χ1v) is 10.1. The molecule has 0 unspecified atom stereocenters. The molecule has 0 spiro atoms. The zero-order valence-electron chi connectivity index (χ0n) is 17.0. The molecule has 0 aliphatic carbocycles. The van der Waals surface area contributed by atoms with E-state index in [9.17, 15) is 4.79 Å². The monoisotopic (exact) mass is 368 g/mol. The molecule has 5 nitrogen and oxygen atoms in total. The van der Waals surface area contributed by atoms with E-state index in [0.717, 1.165) is 49.4 Å². The SMILES string of the molecule is Cc1nn(CC(C)C)c(C)c1CC(=O)NC1CCN(c2ccccc2)CC1. The number of amides is 1. The first-order chi connectivity index (χ1) is 12.9. The normalized spacial score (nSPS) is 15.4. The van der Waals surface area contributed by atoms with Crippen molar-refractivity contribution in [3.8, 4) is 0 Å². The van der Waals surface area contributed by atoms with Crippen LogP contribution in [-0.2, 0) is 17.8 Å². The number of aryl methyl sites for hydroxylation is 1. The van der Waals surface area contributed by atoms with Crippen LogP contribution in [0.1, 0.15) is 43.6 Å². The number of hydrogen-bond donors (Lipinski definition) is 1. The van der Waals surface area contributed by atoms with Crippen molar-refractivity contribution in [2.24, 2.45) is 5.92 Å². The number of hydrogen-bond acceptors (Lipinski definition) is 3. The molecule has 1 aromatic carbocycles. The second-order valence-corrected chi connectivity index (χ2v) is 8.07. The van der Waals surface area contributed by atoms with Crippen molar-refractivity contribution in [1.29, 1.82) is 0 Å². The van der Waals surface area contributed by atoms with Crippen molar-refractivity contribution >= 4 is 11.6 Å². The summed E-state index contributed by atoms with van der Waals surface area (Å²) in [6.45, 7) is 11.3. The number of aromatic nitrogens is 2. The van der Waals surface area contributed by atoms with Crippen molar-refractivity contribution in [3.05, 3.63) is 47.3 Å². The van der Waals surface area contributed by atoms with Gasteiger partial charge in [-0.15, -0.1) is 0 Å². The molecule has 0 atom stereocenters. The predicted octanol–water partition coefficient (Wildman–Crippen LogP) is 3.48. The molecule has 0 saturated carbocycles. The summed E-state index contributed by atoms with van der Waals surface area (Å²) in [6, 6.07) is 10.8. The maximum atomic E-state index is 12.6. The highest BCUT2D eigenvalue weighted by molar-refractivity contribution is 5.79. The van der Waals surface area contributed by atoms with Crippen molar-refractivity contribution in [2.45, 2.75) is 59.5 Å². The topological polar surface area (TPSA) is 50.2 Å². The number of benzene rings is 1. The van der Waals surface area contributed by atoms with Gasteiger partial charge >= 0.3 is 0 Å². The minimum Gasteiger partial charge on any atom is -0.371 e. The Labute approximate surface area is 162 Å². The molecule has 1 fully saturated rings. The molecule has 146 valence electrons. The average Bonchev–Trinajstić information content (AvgIpc) is 2.90. The van der Waals surface area contributed by atoms with Gasteiger partial charge in [0.05, 0.1) is 12.1 Å².